The van der Waals surface area contributed by atoms with Crippen molar-refractivity contribution in [1.82, 2.24) is 9.97 Å². The second-order valence-electron chi connectivity index (χ2n) is 4.56. The molecule has 0 aliphatic heterocycles. The molecule has 1 aliphatic rings. The van der Waals surface area contributed by atoms with Crippen LogP contribution in [-0.2, 0) is 0 Å². The van der Waals surface area contributed by atoms with Crippen LogP contribution < -0.4 is 10.1 Å². The lowest BCUT2D eigenvalue weighted by molar-refractivity contribution is 0.393. The minimum Gasteiger partial charge on any atom is -0.481 e. The predicted molar refractivity (Wildman–Crippen MR) is 63.8 cm³/mol. The fraction of sp³-hybridized carbons (Fsp3) is 0.667. The highest BCUT2D eigenvalue weighted by molar-refractivity contribution is 5.47. The van der Waals surface area contributed by atoms with E-state index in [4.69, 9.17) is 4.74 Å². The Morgan fingerprint density at radius 3 is 2.75 bits per heavy atom. The molecule has 0 amide bonds. The van der Waals surface area contributed by atoms with Crippen molar-refractivity contribution in [3.63, 3.8) is 0 Å². The number of nitrogens with one attached hydrogen (secondary N) is 1. The van der Waals surface area contributed by atoms with Gasteiger partial charge in [-0.3, -0.25) is 0 Å². The number of hydrogen-bond donors (Lipinski definition) is 1. The number of nitrogens with zero attached hydrogens (tertiary/aromatic N) is 2. The van der Waals surface area contributed by atoms with Gasteiger partial charge in [-0.25, -0.2) is 9.97 Å². The Kier molecular flexibility index (Phi) is 2.99. The SMILES string of the molecule is CCC1(CNc2ncnc(OC)c2C)CC1. The maximum absolute atomic E-state index is 5.17. The van der Waals surface area contributed by atoms with Crippen molar-refractivity contribution in [2.45, 2.75) is 33.1 Å². The van der Waals surface area contributed by atoms with Crippen LogP contribution in [0.1, 0.15) is 31.7 Å². The number of rotatable bonds is 5. The topological polar surface area (TPSA) is 47.0 Å². The fourth-order valence-electron chi connectivity index (χ4n) is 1.92. The summed E-state index contributed by atoms with van der Waals surface area (Å²) in [6, 6.07) is 0. The molecule has 1 aromatic rings. The molecule has 1 aliphatic carbocycles. The number of methoxy groups -OCH3 is 1. The molecular formula is C12H19N3O. The van der Waals surface area contributed by atoms with Crippen LogP contribution in [0, 0.1) is 12.3 Å². The molecule has 0 saturated heterocycles. The largest absolute Gasteiger partial charge is 0.481 e. The van der Waals surface area contributed by atoms with Crippen LogP contribution in [0.25, 0.3) is 0 Å². The smallest absolute Gasteiger partial charge is 0.221 e. The molecule has 88 valence electrons. The molecule has 4 heteroatoms. The van der Waals surface area contributed by atoms with E-state index >= 15 is 0 Å². The van der Waals surface area contributed by atoms with Crippen molar-refractivity contribution in [1.29, 1.82) is 0 Å². The third kappa shape index (κ3) is 2.10. The molecule has 0 unspecified atom stereocenters. The van der Waals surface area contributed by atoms with Gasteiger partial charge in [0.2, 0.25) is 5.88 Å². The highest BCUT2D eigenvalue weighted by Crippen LogP contribution is 2.48. The second-order valence-corrected chi connectivity index (χ2v) is 4.56. The molecule has 1 N–H and O–H groups in total. The minimum absolute atomic E-state index is 0.518. The zero-order valence-electron chi connectivity index (χ0n) is 10.2. The number of hydrogen-bond acceptors (Lipinski definition) is 4. The summed E-state index contributed by atoms with van der Waals surface area (Å²) in [5.74, 6) is 1.55. The highest BCUT2D eigenvalue weighted by Gasteiger charge is 2.40. The van der Waals surface area contributed by atoms with Crippen LogP contribution in [-0.4, -0.2) is 23.6 Å². The Labute approximate surface area is 96.4 Å². The van der Waals surface area contributed by atoms with Crippen molar-refractivity contribution >= 4 is 5.82 Å². The lowest BCUT2D eigenvalue weighted by atomic mass is 10.0. The van der Waals surface area contributed by atoms with Gasteiger partial charge in [-0.05, 0) is 31.6 Å². The van der Waals surface area contributed by atoms with Crippen molar-refractivity contribution in [3.8, 4) is 5.88 Å². The first-order valence-electron chi connectivity index (χ1n) is 5.80. The van der Waals surface area contributed by atoms with Gasteiger partial charge in [0.25, 0.3) is 0 Å². The van der Waals surface area contributed by atoms with Gasteiger partial charge in [0, 0.05) is 6.54 Å². The maximum atomic E-state index is 5.17. The van der Waals surface area contributed by atoms with E-state index in [2.05, 4.69) is 22.2 Å². The van der Waals surface area contributed by atoms with Crippen LogP contribution in [0.4, 0.5) is 5.82 Å². The molecular weight excluding hydrogens is 202 g/mol. The lowest BCUT2D eigenvalue weighted by Crippen LogP contribution is -2.16. The second kappa shape index (κ2) is 4.28. The minimum atomic E-state index is 0.518. The summed E-state index contributed by atoms with van der Waals surface area (Å²) in [6.07, 6.45) is 5.44. The van der Waals surface area contributed by atoms with Crippen LogP contribution in [0.3, 0.4) is 0 Å². The third-order valence-corrected chi connectivity index (χ3v) is 3.57. The summed E-state index contributed by atoms with van der Waals surface area (Å²) in [7, 11) is 1.63. The van der Waals surface area contributed by atoms with Crippen molar-refractivity contribution in [2.75, 3.05) is 19.0 Å². The van der Waals surface area contributed by atoms with E-state index in [1.165, 1.54) is 19.3 Å². The molecule has 0 atom stereocenters. The number of anilines is 1. The highest BCUT2D eigenvalue weighted by atomic mass is 16.5. The zero-order valence-corrected chi connectivity index (χ0v) is 10.2. The van der Waals surface area contributed by atoms with Gasteiger partial charge in [0.05, 0.1) is 12.7 Å². The fourth-order valence-corrected chi connectivity index (χ4v) is 1.92. The lowest BCUT2D eigenvalue weighted by Gasteiger charge is -2.15. The van der Waals surface area contributed by atoms with Crippen LogP contribution >= 0.6 is 0 Å². The summed E-state index contributed by atoms with van der Waals surface area (Å²) in [5, 5.41) is 3.41. The normalized spacial score (nSPS) is 16.9. The molecule has 1 aromatic heterocycles. The molecule has 1 saturated carbocycles. The maximum Gasteiger partial charge on any atom is 0.221 e. The molecule has 16 heavy (non-hydrogen) atoms. The first kappa shape index (κ1) is 11.2. The van der Waals surface area contributed by atoms with Crippen LogP contribution in [0.2, 0.25) is 0 Å². The van der Waals surface area contributed by atoms with E-state index in [1.807, 2.05) is 6.92 Å². The summed E-state index contributed by atoms with van der Waals surface area (Å²) in [6.45, 7) is 5.24. The van der Waals surface area contributed by atoms with Crippen LogP contribution in [0.5, 0.6) is 5.88 Å². The first-order valence-corrected chi connectivity index (χ1v) is 5.80. The standard InChI is InChI=1S/C12H19N3O/c1-4-12(5-6-12)7-13-10-9(2)11(16-3)15-8-14-10/h8H,4-7H2,1-3H3,(H,13,14,15). The Bertz CT molecular complexity index is 375. The summed E-state index contributed by atoms with van der Waals surface area (Å²) < 4.78 is 5.17. The summed E-state index contributed by atoms with van der Waals surface area (Å²) in [4.78, 5) is 8.31. The van der Waals surface area contributed by atoms with Crippen molar-refractivity contribution < 1.29 is 4.74 Å². The molecule has 0 spiro atoms. The van der Waals surface area contributed by atoms with Crippen molar-refractivity contribution in [3.05, 3.63) is 11.9 Å². The Hall–Kier alpha value is -1.32. The van der Waals surface area contributed by atoms with E-state index in [-0.39, 0.29) is 0 Å². The molecule has 1 fully saturated rings. The van der Waals surface area contributed by atoms with Crippen molar-refractivity contribution in [2.24, 2.45) is 5.41 Å². The van der Waals surface area contributed by atoms with E-state index in [9.17, 15) is 0 Å². The summed E-state index contributed by atoms with van der Waals surface area (Å²) in [5.41, 5.74) is 1.50. The molecule has 4 nitrogen and oxygen atoms in total. The average molecular weight is 221 g/mol. The van der Waals surface area contributed by atoms with Gasteiger partial charge in [-0.15, -0.1) is 0 Å². The molecule has 0 aromatic carbocycles. The molecule has 1 heterocycles. The Balaban J connectivity index is 2.04. The number of ether oxygens (including phenoxy) is 1. The van der Waals surface area contributed by atoms with Gasteiger partial charge in [0.1, 0.15) is 12.1 Å². The van der Waals surface area contributed by atoms with Gasteiger partial charge in [0.15, 0.2) is 0 Å². The van der Waals surface area contributed by atoms with E-state index in [1.54, 1.807) is 13.4 Å². The number of aromatic nitrogens is 2. The monoisotopic (exact) mass is 221 g/mol. The van der Waals surface area contributed by atoms with E-state index < -0.39 is 0 Å². The quantitative estimate of drug-likeness (QED) is 0.829. The van der Waals surface area contributed by atoms with E-state index in [0.717, 1.165) is 17.9 Å². The molecule has 2 rings (SSSR count). The Morgan fingerprint density at radius 2 is 2.19 bits per heavy atom. The van der Waals surface area contributed by atoms with Gasteiger partial charge in [-0.1, -0.05) is 6.92 Å². The van der Waals surface area contributed by atoms with Gasteiger partial charge in [-0.2, -0.15) is 0 Å². The third-order valence-electron chi connectivity index (χ3n) is 3.57. The zero-order chi connectivity index (χ0) is 11.6. The van der Waals surface area contributed by atoms with E-state index in [0.29, 0.717) is 11.3 Å². The average Bonchev–Trinajstić information content (AvgIpc) is 3.08. The van der Waals surface area contributed by atoms with Gasteiger partial charge >= 0.3 is 0 Å². The molecule has 0 bridgehead atoms. The molecule has 0 radical (unpaired) electrons. The predicted octanol–water partition coefficient (Wildman–Crippen LogP) is 2.40. The first-order chi connectivity index (χ1) is 7.71. The summed E-state index contributed by atoms with van der Waals surface area (Å²) >= 11 is 0. The Morgan fingerprint density at radius 1 is 1.44 bits per heavy atom. The van der Waals surface area contributed by atoms with Crippen LogP contribution in [0.15, 0.2) is 6.33 Å². The van der Waals surface area contributed by atoms with Gasteiger partial charge < -0.3 is 10.1 Å².